The Morgan fingerprint density at radius 1 is 1.25 bits per heavy atom. The van der Waals surface area contributed by atoms with Crippen molar-refractivity contribution in [2.24, 2.45) is 17.8 Å². The summed E-state index contributed by atoms with van der Waals surface area (Å²) < 4.78 is 4.77. The Bertz CT molecular complexity index is 874. The molecule has 4 aliphatic rings. The molecule has 1 N–H and O–H groups in total. The van der Waals surface area contributed by atoms with Gasteiger partial charge in [0.15, 0.2) is 0 Å². The van der Waals surface area contributed by atoms with E-state index in [4.69, 9.17) is 4.74 Å². The summed E-state index contributed by atoms with van der Waals surface area (Å²) >= 11 is 1.65. The lowest BCUT2D eigenvalue weighted by Crippen LogP contribution is -2.60. The zero-order valence-electron chi connectivity index (χ0n) is 21.8. The highest BCUT2D eigenvalue weighted by atomic mass is 32.2. The van der Waals surface area contributed by atoms with Crippen LogP contribution in [0.2, 0.25) is 0 Å². The smallest absolute Gasteiger partial charge is 0.311 e. The normalized spacial score (nSPS) is 33.2. The van der Waals surface area contributed by atoms with Gasteiger partial charge < -0.3 is 19.6 Å². The Labute approximate surface area is 219 Å². The zero-order chi connectivity index (χ0) is 26.0. The average molecular weight is 519 g/mol. The molecule has 0 aromatic rings. The standard InChI is InChI=1S/C28H42N2O5S/c1-5-15-29(19-11-9-8-10-12-19)26(33)24-28-14-13-21(36-28)22(27(34)35-16-6-2)23(28)25(32)30(24)20(17-31)18(4)7-3/h5-6,18-24,31H,1-2,7-17H2,3-4H3/t18-,20-,21-,22+,23-,24?,28?/m0/s1. The molecule has 2 amide bonds. The molecule has 7 nitrogen and oxygen atoms in total. The number of thioether (sulfide) groups is 1. The number of carbonyl (C=O) groups excluding carboxylic acids is 3. The SMILES string of the molecule is C=CCOC(=O)[C@@H]1[C@@H]2CCC3(S2)C(C(=O)N(CC=C)C2CCCCC2)N([C@@H](CO)[C@@H](C)CC)C(=O)[C@H]13. The fourth-order valence-electron chi connectivity index (χ4n) is 7.15. The monoisotopic (exact) mass is 518 g/mol. The van der Waals surface area contributed by atoms with Gasteiger partial charge in [-0.2, -0.15) is 0 Å². The van der Waals surface area contributed by atoms with E-state index < -0.39 is 28.7 Å². The van der Waals surface area contributed by atoms with Gasteiger partial charge >= 0.3 is 5.97 Å². The molecule has 3 saturated heterocycles. The van der Waals surface area contributed by atoms with Crippen molar-refractivity contribution in [2.45, 2.75) is 93.3 Å². The fourth-order valence-corrected chi connectivity index (χ4v) is 9.34. The maximum absolute atomic E-state index is 14.6. The quantitative estimate of drug-likeness (QED) is 0.332. The first-order valence-corrected chi connectivity index (χ1v) is 14.5. The van der Waals surface area contributed by atoms with Crippen molar-refractivity contribution in [1.29, 1.82) is 0 Å². The maximum atomic E-state index is 14.6. The summed E-state index contributed by atoms with van der Waals surface area (Å²) in [6, 6.07) is -1.04. The highest BCUT2D eigenvalue weighted by Gasteiger charge is 2.75. The van der Waals surface area contributed by atoms with Crippen molar-refractivity contribution in [3.8, 4) is 0 Å². The number of fused-ring (bicyclic) bond motifs is 1. The fraction of sp³-hybridized carbons (Fsp3) is 0.750. The molecule has 3 heterocycles. The number of esters is 1. The summed E-state index contributed by atoms with van der Waals surface area (Å²) in [5, 5.41) is 10.4. The highest BCUT2D eigenvalue weighted by molar-refractivity contribution is 8.02. The Morgan fingerprint density at radius 2 is 1.97 bits per heavy atom. The number of likely N-dealkylation sites (tertiary alicyclic amines) is 1. The second kappa shape index (κ2) is 11.3. The Morgan fingerprint density at radius 3 is 2.58 bits per heavy atom. The van der Waals surface area contributed by atoms with Gasteiger partial charge in [-0.05, 0) is 31.6 Å². The average Bonchev–Trinajstić information content (AvgIpc) is 3.54. The van der Waals surface area contributed by atoms with Gasteiger partial charge in [-0.1, -0.05) is 58.3 Å². The minimum absolute atomic E-state index is 0.0142. The van der Waals surface area contributed by atoms with Gasteiger partial charge in [-0.25, -0.2) is 0 Å². The van der Waals surface area contributed by atoms with E-state index in [2.05, 4.69) is 13.2 Å². The van der Waals surface area contributed by atoms with Gasteiger partial charge in [-0.15, -0.1) is 18.3 Å². The van der Waals surface area contributed by atoms with E-state index in [0.29, 0.717) is 13.0 Å². The molecule has 3 aliphatic heterocycles. The highest BCUT2D eigenvalue weighted by Crippen LogP contribution is 2.67. The van der Waals surface area contributed by atoms with Crippen molar-refractivity contribution in [2.75, 3.05) is 19.8 Å². The number of rotatable bonds is 11. The Balaban J connectivity index is 1.77. The molecule has 200 valence electrons. The molecule has 7 atom stereocenters. The molecule has 1 aliphatic carbocycles. The molecular weight excluding hydrogens is 476 g/mol. The van der Waals surface area contributed by atoms with Gasteiger partial charge in [0.2, 0.25) is 11.8 Å². The number of hydrogen-bond donors (Lipinski definition) is 1. The third kappa shape index (κ3) is 4.42. The van der Waals surface area contributed by atoms with Gasteiger partial charge in [0.05, 0.1) is 29.2 Å². The second-order valence-electron chi connectivity index (χ2n) is 10.9. The van der Waals surface area contributed by atoms with Gasteiger partial charge in [0.1, 0.15) is 12.6 Å². The molecule has 4 fully saturated rings. The number of ether oxygens (including phenoxy) is 1. The third-order valence-electron chi connectivity index (χ3n) is 9.06. The van der Waals surface area contributed by atoms with Gasteiger partial charge in [0, 0.05) is 17.8 Å². The first kappa shape index (κ1) is 27.2. The number of amides is 2. The van der Waals surface area contributed by atoms with Crippen LogP contribution in [0, 0.1) is 17.8 Å². The molecule has 2 unspecified atom stereocenters. The van der Waals surface area contributed by atoms with Gasteiger partial charge in [0.25, 0.3) is 0 Å². The molecule has 0 radical (unpaired) electrons. The van der Waals surface area contributed by atoms with Crippen LogP contribution in [-0.2, 0) is 19.1 Å². The molecule has 2 bridgehead atoms. The number of aliphatic hydroxyl groups excluding tert-OH is 1. The van der Waals surface area contributed by atoms with Crippen molar-refractivity contribution >= 4 is 29.5 Å². The molecule has 1 spiro atoms. The van der Waals surface area contributed by atoms with Crippen LogP contribution in [0.25, 0.3) is 0 Å². The van der Waals surface area contributed by atoms with Crippen molar-refractivity contribution in [1.82, 2.24) is 9.80 Å². The van der Waals surface area contributed by atoms with Crippen LogP contribution in [0.5, 0.6) is 0 Å². The van der Waals surface area contributed by atoms with E-state index in [1.165, 1.54) is 12.5 Å². The summed E-state index contributed by atoms with van der Waals surface area (Å²) in [7, 11) is 0. The molecule has 1 saturated carbocycles. The summed E-state index contributed by atoms with van der Waals surface area (Å²) in [6.07, 6.45) is 10.8. The van der Waals surface area contributed by atoms with Crippen LogP contribution in [0.4, 0.5) is 0 Å². The number of nitrogens with zero attached hydrogens (tertiary/aromatic N) is 2. The zero-order valence-corrected chi connectivity index (χ0v) is 22.6. The number of hydrogen-bond acceptors (Lipinski definition) is 6. The summed E-state index contributed by atoms with van der Waals surface area (Å²) in [5.41, 5.74) is 0. The van der Waals surface area contributed by atoms with E-state index in [1.54, 1.807) is 22.7 Å². The third-order valence-corrected chi connectivity index (χ3v) is 11.0. The molecule has 4 rings (SSSR count). The van der Waals surface area contributed by atoms with E-state index in [0.717, 1.165) is 38.5 Å². The van der Waals surface area contributed by atoms with Crippen LogP contribution in [0.1, 0.15) is 65.2 Å². The van der Waals surface area contributed by atoms with Crippen LogP contribution in [0.3, 0.4) is 0 Å². The van der Waals surface area contributed by atoms with Crippen LogP contribution in [-0.4, -0.2) is 80.6 Å². The summed E-state index contributed by atoms with van der Waals surface area (Å²) in [6.45, 7) is 11.9. The molecule has 0 aromatic heterocycles. The van der Waals surface area contributed by atoms with Gasteiger partial charge in [-0.3, -0.25) is 14.4 Å². The lowest BCUT2D eigenvalue weighted by atomic mass is 9.71. The van der Waals surface area contributed by atoms with Crippen LogP contribution in [0.15, 0.2) is 25.3 Å². The van der Waals surface area contributed by atoms with Crippen molar-refractivity contribution in [3.05, 3.63) is 25.3 Å². The lowest BCUT2D eigenvalue weighted by Gasteiger charge is -2.43. The first-order chi connectivity index (χ1) is 17.4. The second-order valence-corrected chi connectivity index (χ2v) is 12.5. The van der Waals surface area contributed by atoms with Crippen molar-refractivity contribution in [3.63, 3.8) is 0 Å². The number of aliphatic hydroxyl groups is 1. The Hall–Kier alpha value is -1.80. The molecule has 8 heteroatoms. The van der Waals surface area contributed by atoms with E-state index >= 15 is 0 Å². The number of carbonyl (C=O) groups is 3. The van der Waals surface area contributed by atoms with Crippen LogP contribution < -0.4 is 0 Å². The lowest BCUT2D eigenvalue weighted by molar-refractivity contribution is -0.154. The van der Waals surface area contributed by atoms with Crippen molar-refractivity contribution < 1.29 is 24.2 Å². The maximum Gasteiger partial charge on any atom is 0.311 e. The molecule has 0 aromatic carbocycles. The predicted octanol–water partition coefficient (Wildman–Crippen LogP) is 3.56. The minimum atomic E-state index is -0.699. The van der Waals surface area contributed by atoms with E-state index in [9.17, 15) is 19.5 Å². The minimum Gasteiger partial charge on any atom is -0.461 e. The summed E-state index contributed by atoms with van der Waals surface area (Å²) in [5.74, 6) is -1.77. The predicted molar refractivity (Wildman–Crippen MR) is 141 cm³/mol. The van der Waals surface area contributed by atoms with Crippen LogP contribution >= 0.6 is 11.8 Å². The van der Waals surface area contributed by atoms with E-state index in [-0.39, 0.29) is 48.2 Å². The largest absolute Gasteiger partial charge is 0.461 e. The first-order valence-electron chi connectivity index (χ1n) is 13.7. The topological polar surface area (TPSA) is 87.2 Å². The molecule has 36 heavy (non-hydrogen) atoms. The molecular formula is C28H42N2O5S. The Kier molecular flexibility index (Phi) is 8.55. The van der Waals surface area contributed by atoms with E-state index in [1.807, 2.05) is 18.7 Å². The summed E-state index contributed by atoms with van der Waals surface area (Å²) in [4.78, 5) is 45.6.